The summed E-state index contributed by atoms with van der Waals surface area (Å²) in [5.41, 5.74) is 3.41. The molecule has 162 valence electrons. The highest BCUT2D eigenvalue weighted by Gasteiger charge is 2.45. The number of hydrogen-bond acceptors (Lipinski definition) is 4. The van der Waals surface area contributed by atoms with E-state index in [1.807, 2.05) is 24.3 Å². The van der Waals surface area contributed by atoms with E-state index in [4.69, 9.17) is 4.74 Å². The lowest BCUT2D eigenvalue weighted by molar-refractivity contribution is -0.155. The Balaban J connectivity index is 1.30. The van der Waals surface area contributed by atoms with Gasteiger partial charge in [0.25, 0.3) is 0 Å². The zero-order valence-corrected chi connectivity index (χ0v) is 17.5. The maximum absolute atomic E-state index is 12.5. The van der Waals surface area contributed by atoms with Crippen molar-refractivity contribution in [3.05, 3.63) is 59.7 Å². The Morgan fingerprint density at radius 3 is 2.32 bits per heavy atom. The molecule has 0 spiro atoms. The number of carbonyl (C=O) groups is 3. The number of nitrogens with one attached hydrogen (secondary N) is 1. The number of fused-ring (bicyclic) bond motifs is 3. The van der Waals surface area contributed by atoms with Crippen LogP contribution in [0.5, 0.6) is 0 Å². The van der Waals surface area contributed by atoms with Gasteiger partial charge in [-0.05, 0) is 42.0 Å². The minimum Gasteiger partial charge on any atom is -0.480 e. The van der Waals surface area contributed by atoms with Crippen molar-refractivity contribution in [1.82, 2.24) is 10.2 Å². The lowest BCUT2D eigenvalue weighted by Gasteiger charge is -2.31. The van der Waals surface area contributed by atoms with Crippen molar-refractivity contribution in [3.63, 3.8) is 0 Å². The van der Waals surface area contributed by atoms with Crippen LogP contribution >= 0.6 is 0 Å². The van der Waals surface area contributed by atoms with Crippen LogP contribution in [0.25, 0.3) is 11.1 Å². The topological polar surface area (TPSA) is 95.9 Å². The summed E-state index contributed by atoms with van der Waals surface area (Å²) in [6, 6.07) is 16.2. The summed E-state index contributed by atoms with van der Waals surface area (Å²) in [6.07, 6.45) is 0.548. The van der Waals surface area contributed by atoms with Crippen molar-refractivity contribution < 1.29 is 24.2 Å². The number of ether oxygens (including phenoxy) is 1. The van der Waals surface area contributed by atoms with Crippen LogP contribution in [0.3, 0.4) is 0 Å². The third-order valence-electron chi connectivity index (χ3n) is 6.35. The van der Waals surface area contributed by atoms with E-state index in [0.717, 1.165) is 22.3 Å². The molecule has 4 rings (SSSR count). The molecular formula is C24H26N2O5. The highest BCUT2D eigenvalue weighted by atomic mass is 16.5. The van der Waals surface area contributed by atoms with E-state index in [2.05, 4.69) is 29.6 Å². The van der Waals surface area contributed by atoms with Crippen molar-refractivity contribution >= 4 is 18.0 Å². The monoisotopic (exact) mass is 422 g/mol. The van der Waals surface area contributed by atoms with Gasteiger partial charge in [-0.25, -0.2) is 9.59 Å². The van der Waals surface area contributed by atoms with Crippen molar-refractivity contribution in [2.75, 3.05) is 19.7 Å². The number of likely N-dealkylation sites (tertiary alicyclic amines) is 1. The molecule has 7 nitrogen and oxygen atoms in total. The number of carboxylic acids is 1. The number of carboxylic acid groups (broad SMARTS) is 1. The molecule has 1 heterocycles. The molecule has 1 aliphatic heterocycles. The smallest absolute Gasteiger partial charge is 0.407 e. The van der Waals surface area contributed by atoms with Crippen molar-refractivity contribution in [2.45, 2.75) is 37.6 Å². The molecule has 0 bridgehead atoms. The maximum Gasteiger partial charge on any atom is 0.407 e. The van der Waals surface area contributed by atoms with Gasteiger partial charge >= 0.3 is 12.1 Å². The Bertz CT molecular complexity index is 975. The standard InChI is InChI=1S/C24H26N2O5/c1-24(22(28)29)12-6-14-26(24)21(27)11-13-25-23(30)31-15-20-18-9-4-2-7-16(18)17-8-3-5-10-19(17)20/h2-5,7-10,20H,6,11-15H2,1H3,(H,25,30)(H,28,29)/t24-/m0/s1. The Morgan fingerprint density at radius 2 is 1.71 bits per heavy atom. The Morgan fingerprint density at radius 1 is 1.10 bits per heavy atom. The van der Waals surface area contributed by atoms with Crippen LogP contribution in [0.1, 0.15) is 43.2 Å². The summed E-state index contributed by atoms with van der Waals surface area (Å²) in [4.78, 5) is 37.6. The molecular weight excluding hydrogens is 396 g/mol. The molecule has 0 unspecified atom stereocenters. The summed E-state index contributed by atoms with van der Waals surface area (Å²) in [5, 5.41) is 12.0. The summed E-state index contributed by atoms with van der Waals surface area (Å²) in [7, 11) is 0. The van der Waals surface area contributed by atoms with E-state index in [0.29, 0.717) is 19.4 Å². The minimum atomic E-state index is -1.17. The quantitative estimate of drug-likeness (QED) is 0.744. The van der Waals surface area contributed by atoms with Gasteiger partial charge in [-0.3, -0.25) is 4.79 Å². The molecule has 2 aromatic carbocycles. The summed E-state index contributed by atoms with van der Waals surface area (Å²) >= 11 is 0. The van der Waals surface area contributed by atoms with Crippen LogP contribution in [0.4, 0.5) is 4.79 Å². The molecule has 1 atom stereocenters. The lowest BCUT2D eigenvalue weighted by Crippen LogP contribution is -2.51. The first-order valence-electron chi connectivity index (χ1n) is 10.5. The van der Waals surface area contributed by atoms with Gasteiger partial charge in [-0.15, -0.1) is 0 Å². The molecule has 1 saturated heterocycles. The number of carbonyl (C=O) groups excluding carboxylic acids is 2. The molecule has 7 heteroatoms. The Hall–Kier alpha value is -3.35. The molecule has 1 fully saturated rings. The van der Waals surface area contributed by atoms with Gasteiger partial charge < -0.3 is 20.1 Å². The fourth-order valence-corrected chi connectivity index (χ4v) is 4.64. The lowest BCUT2D eigenvalue weighted by atomic mass is 9.98. The average Bonchev–Trinajstić information content (AvgIpc) is 3.31. The van der Waals surface area contributed by atoms with Crippen LogP contribution in [0.2, 0.25) is 0 Å². The number of rotatable bonds is 6. The minimum absolute atomic E-state index is 0.0272. The van der Waals surface area contributed by atoms with E-state index in [9.17, 15) is 19.5 Å². The number of alkyl carbamates (subject to hydrolysis) is 1. The van der Waals surface area contributed by atoms with Gasteiger partial charge in [0.1, 0.15) is 12.1 Å². The summed E-state index contributed by atoms with van der Waals surface area (Å²) in [5.74, 6) is -1.30. The first-order chi connectivity index (χ1) is 14.9. The molecule has 0 aromatic heterocycles. The van der Waals surface area contributed by atoms with Crippen LogP contribution in [0.15, 0.2) is 48.5 Å². The Kier molecular flexibility index (Phi) is 5.67. The fourth-order valence-electron chi connectivity index (χ4n) is 4.64. The molecule has 2 N–H and O–H groups in total. The number of nitrogens with zero attached hydrogens (tertiary/aromatic N) is 1. The van der Waals surface area contributed by atoms with Crippen molar-refractivity contribution in [2.24, 2.45) is 0 Å². The van der Waals surface area contributed by atoms with Gasteiger partial charge in [-0.1, -0.05) is 48.5 Å². The van der Waals surface area contributed by atoms with Crippen LogP contribution in [0, 0.1) is 0 Å². The number of amides is 2. The van der Waals surface area contributed by atoms with Crippen molar-refractivity contribution in [3.8, 4) is 11.1 Å². The van der Waals surface area contributed by atoms with Crippen LogP contribution in [-0.4, -0.2) is 53.2 Å². The molecule has 31 heavy (non-hydrogen) atoms. The Labute approximate surface area is 181 Å². The third kappa shape index (κ3) is 3.87. The SMILES string of the molecule is C[C@@]1(C(=O)O)CCCN1C(=O)CCNC(=O)OCC1c2ccccc2-c2ccccc21. The van der Waals surface area contributed by atoms with Gasteiger partial charge in [-0.2, -0.15) is 0 Å². The highest BCUT2D eigenvalue weighted by molar-refractivity contribution is 5.87. The predicted molar refractivity (Wildman–Crippen MR) is 115 cm³/mol. The molecule has 0 radical (unpaired) electrons. The summed E-state index contributed by atoms with van der Waals surface area (Å²) < 4.78 is 5.46. The zero-order chi connectivity index (χ0) is 22.0. The first kappa shape index (κ1) is 20.9. The summed E-state index contributed by atoms with van der Waals surface area (Å²) in [6.45, 7) is 2.30. The highest BCUT2D eigenvalue weighted by Crippen LogP contribution is 2.44. The van der Waals surface area contributed by atoms with Gasteiger partial charge in [0.15, 0.2) is 0 Å². The second kappa shape index (κ2) is 8.41. The number of hydrogen-bond donors (Lipinski definition) is 2. The fraction of sp³-hybridized carbons (Fsp3) is 0.375. The first-order valence-corrected chi connectivity index (χ1v) is 10.5. The van der Waals surface area contributed by atoms with Gasteiger partial charge in [0, 0.05) is 25.4 Å². The van der Waals surface area contributed by atoms with Crippen LogP contribution in [-0.2, 0) is 14.3 Å². The largest absolute Gasteiger partial charge is 0.480 e. The molecule has 1 aliphatic carbocycles. The van der Waals surface area contributed by atoms with Crippen molar-refractivity contribution in [1.29, 1.82) is 0 Å². The van der Waals surface area contributed by atoms with E-state index >= 15 is 0 Å². The zero-order valence-electron chi connectivity index (χ0n) is 17.5. The normalized spacial score (nSPS) is 19.6. The average molecular weight is 422 g/mol. The van der Waals surface area contributed by atoms with Crippen LogP contribution < -0.4 is 5.32 Å². The van der Waals surface area contributed by atoms with E-state index in [-0.39, 0.29) is 31.4 Å². The predicted octanol–water partition coefficient (Wildman–Crippen LogP) is 3.38. The second-order valence-corrected chi connectivity index (χ2v) is 8.23. The van der Waals surface area contributed by atoms with Gasteiger partial charge in [0.05, 0.1) is 0 Å². The number of aliphatic carboxylic acids is 1. The molecule has 2 aliphatic rings. The van der Waals surface area contributed by atoms with E-state index in [1.165, 1.54) is 4.90 Å². The molecule has 2 aromatic rings. The second-order valence-electron chi connectivity index (χ2n) is 8.23. The van der Waals surface area contributed by atoms with E-state index < -0.39 is 17.6 Å². The third-order valence-corrected chi connectivity index (χ3v) is 6.35. The molecule has 0 saturated carbocycles. The van der Waals surface area contributed by atoms with E-state index in [1.54, 1.807) is 6.92 Å². The number of benzene rings is 2. The van der Waals surface area contributed by atoms with Gasteiger partial charge in [0.2, 0.25) is 5.91 Å². The molecule has 2 amide bonds. The maximum atomic E-state index is 12.5.